The van der Waals surface area contributed by atoms with E-state index in [4.69, 9.17) is 14.7 Å². The van der Waals surface area contributed by atoms with E-state index >= 15 is 0 Å². The summed E-state index contributed by atoms with van der Waals surface area (Å²) in [5.41, 5.74) is 1.71. The maximum absolute atomic E-state index is 12.0. The molecule has 2 aromatic carbocycles. The maximum Gasteiger partial charge on any atom is 0.243 e. The van der Waals surface area contributed by atoms with Crippen molar-refractivity contribution in [2.45, 2.75) is 12.8 Å². The van der Waals surface area contributed by atoms with E-state index in [0.29, 0.717) is 29.2 Å². The Labute approximate surface area is 157 Å². The van der Waals surface area contributed by atoms with Crippen molar-refractivity contribution in [2.24, 2.45) is 0 Å². The molecule has 0 saturated carbocycles. The number of rotatable bonds is 8. The number of hydrogen-bond donors (Lipinski definition) is 2. The molecule has 27 heavy (non-hydrogen) atoms. The number of benzene rings is 2. The van der Waals surface area contributed by atoms with Gasteiger partial charge in [-0.1, -0.05) is 18.2 Å². The number of para-hydroxylation sites is 1. The minimum Gasteiger partial charge on any atom is -0.493 e. The number of nitrogens with one attached hydrogen (secondary N) is 2. The fraction of sp³-hybridized carbons (Fsp3) is 0.250. The number of amides is 2. The molecule has 0 spiro atoms. The topological polar surface area (TPSA) is 100 Å². The number of aryl methyl sites for hydroxylation is 1. The number of nitrogens with zero attached hydrogens (tertiary/aromatic N) is 1. The molecule has 2 rings (SSSR count). The molecule has 0 radical (unpaired) electrons. The van der Waals surface area contributed by atoms with Crippen LogP contribution in [-0.2, 0) is 16.0 Å². The fourth-order valence-electron chi connectivity index (χ4n) is 2.45. The van der Waals surface area contributed by atoms with E-state index in [-0.39, 0.29) is 18.9 Å². The van der Waals surface area contributed by atoms with Crippen LogP contribution in [0.2, 0.25) is 0 Å². The Morgan fingerprint density at radius 3 is 2.48 bits per heavy atom. The summed E-state index contributed by atoms with van der Waals surface area (Å²) in [7, 11) is 3.11. The summed E-state index contributed by atoms with van der Waals surface area (Å²) in [4.78, 5) is 23.9. The molecule has 140 valence electrons. The van der Waals surface area contributed by atoms with E-state index in [1.165, 1.54) is 0 Å². The maximum atomic E-state index is 12.0. The van der Waals surface area contributed by atoms with E-state index in [1.807, 2.05) is 18.2 Å². The second-order valence-electron chi connectivity index (χ2n) is 5.67. The number of carbonyl (C=O) groups excluding carboxylic acids is 2. The van der Waals surface area contributed by atoms with Crippen LogP contribution in [0.5, 0.6) is 11.5 Å². The lowest BCUT2D eigenvalue weighted by atomic mass is 10.1. The van der Waals surface area contributed by atoms with Gasteiger partial charge in [0.1, 0.15) is 6.07 Å². The first-order valence-corrected chi connectivity index (χ1v) is 8.34. The zero-order chi connectivity index (χ0) is 19.6. The van der Waals surface area contributed by atoms with Crippen LogP contribution in [-0.4, -0.2) is 32.6 Å². The molecule has 7 heteroatoms. The normalized spacial score (nSPS) is 9.81. The van der Waals surface area contributed by atoms with Gasteiger partial charge in [-0.2, -0.15) is 5.26 Å². The highest BCUT2D eigenvalue weighted by molar-refractivity contribution is 5.95. The van der Waals surface area contributed by atoms with Crippen LogP contribution in [0.3, 0.4) is 0 Å². The van der Waals surface area contributed by atoms with Crippen LogP contribution in [0.25, 0.3) is 0 Å². The van der Waals surface area contributed by atoms with Crippen molar-refractivity contribution >= 4 is 17.5 Å². The molecule has 0 aliphatic heterocycles. The number of ether oxygens (including phenoxy) is 2. The summed E-state index contributed by atoms with van der Waals surface area (Å²) in [5, 5.41) is 14.2. The average Bonchev–Trinajstić information content (AvgIpc) is 2.70. The smallest absolute Gasteiger partial charge is 0.243 e. The predicted molar refractivity (Wildman–Crippen MR) is 101 cm³/mol. The monoisotopic (exact) mass is 367 g/mol. The van der Waals surface area contributed by atoms with Crippen molar-refractivity contribution in [2.75, 3.05) is 26.1 Å². The Kier molecular flexibility index (Phi) is 7.20. The molecule has 2 N–H and O–H groups in total. The van der Waals surface area contributed by atoms with Crippen molar-refractivity contribution in [3.63, 3.8) is 0 Å². The second-order valence-corrected chi connectivity index (χ2v) is 5.67. The van der Waals surface area contributed by atoms with Gasteiger partial charge in [0.25, 0.3) is 0 Å². The first-order valence-electron chi connectivity index (χ1n) is 8.34. The van der Waals surface area contributed by atoms with Gasteiger partial charge < -0.3 is 20.1 Å². The summed E-state index contributed by atoms with van der Waals surface area (Å²) in [6, 6.07) is 14.1. The number of hydrogen-bond acceptors (Lipinski definition) is 5. The second kappa shape index (κ2) is 9.82. The summed E-state index contributed by atoms with van der Waals surface area (Å²) in [5.74, 6) is 0.594. The standard InChI is InChI=1S/C20H21N3O4/c1-26-17-9-7-14(11-18(17)27-2)8-10-19(24)22-13-20(25)23-16-6-4-3-5-15(16)12-21/h3-7,9,11H,8,10,13H2,1-2H3,(H,22,24)(H,23,25). The first-order chi connectivity index (χ1) is 13.1. The Hall–Kier alpha value is -3.53. The number of anilines is 1. The molecular formula is C20H21N3O4. The first kappa shape index (κ1) is 19.8. The number of carbonyl (C=O) groups is 2. The Morgan fingerprint density at radius 2 is 1.78 bits per heavy atom. The van der Waals surface area contributed by atoms with E-state index in [9.17, 15) is 9.59 Å². The van der Waals surface area contributed by atoms with Gasteiger partial charge in [0, 0.05) is 6.42 Å². The number of nitriles is 1. The third kappa shape index (κ3) is 5.75. The van der Waals surface area contributed by atoms with Gasteiger partial charge in [-0.3, -0.25) is 9.59 Å². The molecule has 0 heterocycles. The third-order valence-corrected chi connectivity index (χ3v) is 3.86. The summed E-state index contributed by atoms with van der Waals surface area (Å²) in [6.45, 7) is -0.162. The largest absolute Gasteiger partial charge is 0.493 e. The van der Waals surface area contributed by atoms with Crippen LogP contribution in [0, 0.1) is 11.3 Å². The van der Waals surface area contributed by atoms with Crippen LogP contribution < -0.4 is 20.1 Å². The molecule has 0 aliphatic rings. The molecule has 0 atom stereocenters. The van der Waals surface area contributed by atoms with Crippen molar-refractivity contribution in [3.8, 4) is 17.6 Å². The lowest BCUT2D eigenvalue weighted by Crippen LogP contribution is -2.33. The molecule has 0 fully saturated rings. The van der Waals surface area contributed by atoms with Crippen molar-refractivity contribution in [1.29, 1.82) is 5.26 Å². The third-order valence-electron chi connectivity index (χ3n) is 3.86. The highest BCUT2D eigenvalue weighted by atomic mass is 16.5. The van der Waals surface area contributed by atoms with E-state index < -0.39 is 5.91 Å². The molecule has 2 aromatic rings. The van der Waals surface area contributed by atoms with Gasteiger partial charge in [0.2, 0.25) is 11.8 Å². The van der Waals surface area contributed by atoms with Gasteiger partial charge in [-0.25, -0.2) is 0 Å². The SMILES string of the molecule is COc1ccc(CCC(=O)NCC(=O)Nc2ccccc2C#N)cc1OC. The quantitative estimate of drug-likeness (QED) is 0.745. The molecule has 0 bridgehead atoms. The minimum absolute atomic E-state index is 0.162. The van der Waals surface area contributed by atoms with E-state index in [0.717, 1.165) is 5.56 Å². The molecular weight excluding hydrogens is 346 g/mol. The van der Waals surface area contributed by atoms with Crippen LogP contribution in [0.1, 0.15) is 17.5 Å². The molecule has 0 aliphatic carbocycles. The lowest BCUT2D eigenvalue weighted by molar-refractivity contribution is -0.124. The van der Waals surface area contributed by atoms with E-state index in [2.05, 4.69) is 10.6 Å². The molecule has 7 nitrogen and oxygen atoms in total. The fourth-order valence-corrected chi connectivity index (χ4v) is 2.45. The minimum atomic E-state index is -0.392. The lowest BCUT2D eigenvalue weighted by Gasteiger charge is -2.10. The Bertz CT molecular complexity index is 859. The summed E-state index contributed by atoms with van der Waals surface area (Å²) >= 11 is 0. The highest BCUT2D eigenvalue weighted by Gasteiger charge is 2.10. The predicted octanol–water partition coefficient (Wildman–Crippen LogP) is 2.26. The van der Waals surface area contributed by atoms with Gasteiger partial charge in [0.15, 0.2) is 11.5 Å². The van der Waals surface area contributed by atoms with Crippen LogP contribution in [0.15, 0.2) is 42.5 Å². The van der Waals surface area contributed by atoms with Gasteiger partial charge in [0.05, 0.1) is 32.0 Å². The van der Waals surface area contributed by atoms with E-state index in [1.54, 1.807) is 44.6 Å². The zero-order valence-corrected chi connectivity index (χ0v) is 15.2. The highest BCUT2D eigenvalue weighted by Crippen LogP contribution is 2.27. The van der Waals surface area contributed by atoms with Crippen LogP contribution in [0.4, 0.5) is 5.69 Å². The Balaban J connectivity index is 1.81. The average molecular weight is 367 g/mol. The van der Waals surface area contributed by atoms with Gasteiger partial charge >= 0.3 is 0 Å². The van der Waals surface area contributed by atoms with Gasteiger partial charge in [-0.05, 0) is 36.2 Å². The van der Waals surface area contributed by atoms with Crippen molar-refractivity contribution in [3.05, 3.63) is 53.6 Å². The Morgan fingerprint density at radius 1 is 1.04 bits per heavy atom. The molecule has 0 aromatic heterocycles. The summed E-state index contributed by atoms with van der Waals surface area (Å²) < 4.78 is 10.4. The number of methoxy groups -OCH3 is 2. The van der Waals surface area contributed by atoms with Crippen molar-refractivity contribution in [1.82, 2.24) is 5.32 Å². The molecule has 0 unspecified atom stereocenters. The zero-order valence-electron chi connectivity index (χ0n) is 15.2. The van der Waals surface area contributed by atoms with Crippen molar-refractivity contribution < 1.29 is 19.1 Å². The summed E-state index contributed by atoms with van der Waals surface area (Å²) in [6.07, 6.45) is 0.739. The molecule has 0 saturated heterocycles. The van der Waals surface area contributed by atoms with Crippen LogP contribution >= 0.6 is 0 Å². The molecule has 2 amide bonds. The van der Waals surface area contributed by atoms with Gasteiger partial charge in [-0.15, -0.1) is 0 Å².